The van der Waals surface area contributed by atoms with E-state index in [0.717, 1.165) is 0 Å². The number of carbonyl (C=O) groups excluding carboxylic acids is 2. The van der Waals surface area contributed by atoms with Crippen molar-refractivity contribution in [2.45, 2.75) is 56.8 Å². The van der Waals surface area contributed by atoms with E-state index in [2.05, 4.69) is 15.6 Å². The van der Waals surface area contributed by atoms with E-state index in [0.29, 0.717) is 29.6 Å². The second-order valence-electron chi connectivity index (χ2n) is 10.7. The van der Waals surface area contributed by atoms with Crippen molar-refractivity contribution in [3.8, 4) is 5.75 Å². The number of β-amino-alcohol motifs (C(OH)–C–C–N with tert-alkyl or cyclic N) is 1. The van der Waals surface area contributed by atoms with Crippen LogP contribution in [-0.4, -0.2) is 73.0 Å². The van der Waals surface area contributed by atoms with E-state index >= 15 is 0 Å². The summed E-state index contributed by atoms with van der Waals surface area (Å²) in [6.07, 6.45) is 0.950. The fourth-order valence-electron chi connectivity index (χ4n) is 4.88. The lowest BCUT2D eigenvalue weighted by atomic mass is 9.98. The highest BCUT2D eigenvalue weighted by Gasteiger charge is 2.37. The van der Waals surface area contributed by atoms with Gasteiger partial charge in [-0.2, -0.15) is 4.31 Å². The van der Waals surface area contributed by atoms with E-state index in [1.54, 1.807) is 43.5 Å². The molecule has 1 aliphatic heterocycles. The Morgan fingerprint density at radius 2 is 1.98 bits per heavy atom. The highest BCUT2D eigenvalue weighted by atomic mass is 32.2. The standard InChI is InChI=1S/C28H36N4O7S/c1-17(2)11-22(31-28(35)25-14-19-13-20(38-4)8-9-24(19)39-25)27(34)30-21-12-18(3)15-32(16-23(21)33)40(36,37)26-7-5-6-10-29-26/h5-10,13-14,17-18,21-23,33H,11-12,15-16H2,1-4H3,(H,30,34)(H,31,35)/t18?,21?,22-,23?/m0/s1. The second kappa shape index (κ2) is 12.4. The Kier molecular flexibility index (Phi) is 9.12. The lowest BCUT2D eigenvalue weighted by Gasteiger charge is -2.27. The highest BCUT2D eigenvalue weighted by Crippen LogP contribution is 2.25. The van der Waals surface area contributed by atoms with Crippen molar-refractivity contribution in [3.05, 3.63) is 54.4 Å². The zero-order valence-electron chi connectivity index (χ0n) is 23.0. The molecule has 11 nitrogen and oxygen atoms in total. The van der Waals surface area contributed by atoms with Gasteiger partial charge in [0.05, 0.1) is 19.3 Å². The van der Waals surface area contributed by atoms with Gasteiger partial charge < -0.3 is 24.9 Å². The number of amides is 2. The van der Waals surface area contributed by atoms with Gasteiger partial charge in [0.1, 0.15) is 17.4 Å². The van der Waals surface area contributed by atoms with Gasteiger partial charge in [-0.15, -0.1) is 0 Å². The van der Waals surface area contributed by atoms with Gasteiger partial charge in [0.2, 0.25) is 5.91 Å². The van der Waals surface area contributed by atoms with Crippen molar-refractivity contribution in [2.75, 3.05) is 20.2 Å². The first-order chi connectivity index (χ1) is 19.0. The Labute approximate surface area is 234 Å². The Hall–Kier alpha value is -3.48. The van der Waals surface area contributed by atoms with Crippen LogP contribution in [-0.2, 0) is 14.8 Å². The number of aromatic nitrogens is 1. The predicted molar refractivity (Wildman–Crippen MR) is 148 cm³/mol. The summed E-state index contributed by atoms with van der Waals surface area (Å²) in [6, 6.07) is 9.79. The Morgan fingerprint density at radius 3 is 2.65 bits per heavy atom. The van der Waals surface area contributed by atoms with E-state index in [4.69, 9.17) is 9.15 Å². The van der Waals surface area contributed by atoms with Crippen LogP contribution in [0.25, 0.3) is 11.0 Å². The zero-order valence-corrected chi connectivity index (χ0v) is 23.8. The molecule has 0 spiro atoms. The van der Waals surface area contributed by atoms with Crippen LogP contribution in [0.1, 0.15) is 44.2 Å². The molecule has 3 unspecified atom stereocenters. The number of furan rings is 1. The third-order valence-corrected chi connectivity index (χ3v) is 8.62. The van der Waals surface area contributed by atoms with Crippen LogP contribution in [0.5, 0.6) is 5.75 Å². The second-order valence-corrected chi connectivity index (χ2v) is 12.6. The van der Waals surface area contributed by atoms with Crippen molar-refractivity contribution in [1.82, 2.24) is 19.9 Å². The van der Waals surface area contributed by atoms with Crippen LogP contribution in [0, 0.1) is 11.8 Å². The van der Waals surface area contributed by atoms with Crippen LogP contribution < -0.4 is 15.4 Å². The summed E-state index contributed by atoms with van der Waals surface area (Å²) >= 11 is 0. The molecule has 216 valence electrons. The number of sulfonamides is 1. The van der Waals surface area contributed by atoms with Crippen molar-refractivity contribution >= 4 is 32.8 Å². The molecule has 0 radical (unpaired) electrons. The molecule has 3 N–H and O–H groups in total. The molecule has 1 saturated heterocycles. The molecule has 0 saturated carbocycles. The van der Waals surface area contributed by atoms with E-state index in [1.165, 1.54) is 16.6 Å². The smallest absolute Gasteiger partial charge is 0.287 e. The number of nitrogens with one attached hydrogen (secondary N) is 2. The number of hydrogen-bond donors (Lipinski definition) is 3. The summed E-state index contributed by atoms with van der Waals surface area (Å²) in [4.78, 5) is 30.4. The molecule has 1 fully saturated rings. The van der Waals surface area contributed by atoms with Gasteiger partial charge in [0.25, 0.3) is 15.9 Å². The number of fused-ring (bicyclic) bond motifs is 1. The summed E-state index contributed by atoms with van der Waals surface area (Å²) in [6.45, 7) is 5.71. The van der Waals surface area contributed by atoms with Gasteiger partial charge in [-0.25, -0.2) is 13.4 Å². The Morgan fingerprint density at radius 1 is 1.20 bits per heavy atom. The molecule has 2 amide bonds. The lowest BCUT2D eigenvalue weighted by molar-refractivity contribution is -0.125. The summed E-state index contributed by atoms with van der Waals surface area (Å²) in [5, 5.41) is 17.2. The number of nitrogens with zero attached hydrogens (tertiary/aromatic N) is 2. The first-order valence-corrected chi connectivity index (χ1v) is 14.7. The van der Waals surface area contributed by atoms with Gasteiger partial charge in [0, 0.05) is 24.7 Å². The topological polar surface area (TPSA) is 151 Å². The summed E-state index contributed by atoms with van der Waals surface area (Å²) < 4.78 is 38.4. The van der Waals surface area contributed by atoms with Crippen molar-refractivity contribution in [3.63, 3.8) is 0 Å². The Balaban J connectivity index is 1.47. The number of carbonyl (C=O) groups is 2. The van der Waals surface area contributed by atoms with Crippen LogP contribution in [0.4, 0.5) is 0 Å². The minimum atomic E-state index is -3.92. The minimum absolute atomic E-state index is 0.0586. The SMILES string of the molecule is COc1ccc2oc(C(=O)N[C@@H](CC(C)C)C(=O)NC3CC(C)CN(S(=O)(=O)c4ccccn4)CC3O)cc2c1. The molecular weight excluding hydrogens is 536 g/mol. The number of aliphatic hydroxyl groups is 1. The summed E-state index contributed by atoms with van der Waals surface area (Å²) in [5.74, 6) is -0.404. The predicted octanol–water partition coefficient (Wildman–Crippen LogP) is 2.56. The van der Waals surface area contributed by atoms with Crippen molar-refractivity contribution < 1.29 is 32.3 Å². The van der Waals surface area contributed by atoms with Crippen LogP contribution in [0.3, 0.4) is 0 Å². The molecule has 4 atom stereocenters. The summed E-state index contributed by atoms with van der Waals surface area (Å²) in [7, 11) is -2.37. The Bertz CT molecular complexity index is 1440. The number of benzene rings is 1. The van der Waals surface area contributed by atoms with Crippen LogP contribution in [0.15, 0.2) is 58.1 Å². The van der Waals surface area contributed by atoms with E-state index in [-0.39, 0.29) is 35.7 Å². The quantitative estimate of drug-likeness (QED) is 0.354. The number of methoxy groups -OCH3 is 1. The van der Waals surface area contributed by atoms with Crippen LogP contribution in [0.2, 0.25) is 0 Å². The highest BCUT2D eigenvalue weighted by molar-refractivity contribution is 7.89. The fraction of sp³-hybridized carbons (Fsp3) is 0.464. The molecule has 12 heteroatoms. The molecule has 2 aromatic heterocycles. The first-order valence-electron chi connectivity index (χ1n) is 13.3. The van der Waals surface area contributed by atoms with Gasteiger partial charge >= 0.3 is 0 Å². The van der Waals surface area contributed by atoms with E-state index < -0.39 is 40.0 Å². The number of hydrogen-bond acceptors (Lipinski definition) is 8. The summed E-state index contributed by atoms with van der Waals surface area (Å²) in [5.41, 5.74) is 0.511. The maximum atomic E-state index is 13.4. The average Bonchev–Trinajstić information content (AvgIpc) is 3.29. The van der Waals surface area contributed by atoms with Crippen molar-refractivity contribution in [1.29, 1.82) is 0 Å². The largest absolute Gasteiger partial charge is 0.497 e. The average molecular weight is 573 g/mol. The number of ether oxygens (including phenoxy) is 1. The third-order valence-electron chi connectivity index (χ3n) is 6.87. The number of pyridine rings is 1. The van der Waals surface area contributed by atoms with Gasteiger partial charge in [0.15, 0.2) is 10.8 Å². The molecule has 1 aliphatic rings. The molecule has 1 aromatic carbocycles. The molecule has 3 heterocycles. The molecule has 4 rings (SSSR count). The maximum absolute atomic E-state index is 13.4. The number of aliphatic hydroxyl groups excluding tert-OH is 1. The molecule has 0 bridgehead atoms. The minimum Gasteiger partial charge on any atom is -0.497 e. The number of rotatable bonds is 9. The normalized spacial score (nSPS) is 21.1. The lowest BCUT2D eigenvalue weighted by Crippen LogP contribution is -2.54. The third kappa shape index (κ3) is 6.80. The maximum Gasteiger partial charge on any atom is 0.287 e. The van der Waals surface area contributed by atoms with E-state index in [1.807, 2.05) is 20.8 Å². The van der Waals surface area contributed by atoms with Gasteiger partial charge in [-0.3, -0.25) is 9.59 Å². The van der Waals surface area contributed by atoms with E-state index in [9.17, 15) is 23.1 Å². The fourth-order valence-corrected chi connectivity index (χ4v) is 6.39. The monoisotopic (exact) mass is 572 g/mol. The first kappa shape index (κ1) is 29.5. The van der Waals surface area contributed by atoms with Gasteiger partial charge in [-0.1, -0.05) is 26.8 Å². The van der Waals surface area contributed by atoms with Crippen LogP contribution >= 0.6 is 0 Å². The molecule has 3 aromatic rings. The van der Waals surface area contributed by atoms with Gasteiger partial charge in [-0.05, 0) is 61.1 Å². The molecule has 40 heavy (non-hydrogen) atoms. The molecular formula is C28H36N4O7S. The zero-order chi connectivity index (χ0) is 29.0. The molecule has 0 aliphatic carbocycles. The van der Waals surface area contributed by atoms with Crippen molar-refractivity contribution in [2.24, 2.45) is 11.8 Å².